The number of hydrogen-bond donors (Lipinski definition) is 0. The third-order valence-electron chi connectivity index (χ3n) is 3.14. The van der Waals surface area contributed by atoms with Gasteiger partial charge in [0.25, 0.3) is 0 Å². The number of rotatable bonds is 3. The Labute approximate surface area is 107 Å². The lowest BCUT2D eigenvalue weighted by Crippen LogP contribution is -2.42. The minimum atomic E-state index is -0.519. The van der Waals surface area contributed by atoms with Gasteiger partial charge in [0.05, 0.1) is 12.5 Å². The summed E-state index contributed by atoms with van der Waals surface area (Å²) >= 11 is 0. The molecule has 0 saturated carbocycles. The van der Waals surface area contributed by atoms with Crippen molar-refractivity contribution in [3.63, 3.8) is 0 Å². The molecule has 0 spiro atoms. The number of amides is 2. The van der Waals surface area contributed by atoms with E-state index in [1.807, 2.05) is 44.2 Å². The van der Waals surface area contributed by atoms with E-state index < -0.39 is 6.09 Å². The van der Waals surface area contributed by atoms with Crippen LogP contribution in [0.15, 0.2) is 30.3 Å². The SMILES string of the molecule is CC(C)C1COC(=O)N1C(=O)Cc1ccccc1. The van der Waals surface area contributed by atoms with E-state index in [0.717, 1.165) is 5.56 Å². The summed E-state index contributed by atoms with van der Waals surface area (Å²) in [5.41, 5.74) is 0.907. The van der Waals surface area contributed by atoms with E-state index in [0.29, 0.717) is 6.61 Å². The molecule has 1 aromatic rings. The van der Waals surface area contributed by atoms with Gasteiger partial charge in [-0.25, -0.2) is 9.69 Å². The molecule has 1 heterocycles. The van der Waals surface area contributed by atoms with Gasteiger partial charge in [-0.1, -0.05) is 44.2 Å². The average Bonchev–Trinajstić information content (AvgIpc) is 2.72. The first-order valence-electron chi connectivity index (χ1n) is 6.12. The Morgan fingerprint density at radius 1 is 1.39 bits per heavy atom. The first kappa shape index (κ1) is 12.6. The van der Waals surface area contributed by atoms with Gasteiger partial charge in [-0.15, -0.1) is 0 Å². The van der Waals surface area contributed by atoms with Gasteiger partial charge >= 0.3 is 6.09 Å². The highest BCUT2D eigenvalue weighted by Crippen LogP contribution is 2.20. The second-order valence-electron chi connectivity index (χ2n) is 4.81. The molecular weight excluding hydrogens is 230 g/mol. The van der Waals surface area contributed by atoms with Crippen molar-refractivity contribution in [2.24, 2.45) is 5.92 Å². The normalized spacial score (nSPS) is 19.2. The van der Waals surface area contributed by atoms with Crippen LogP contribution in [0.4, 0.5) is 4.79 Å². The average molecular weight is 247 g/mol. The molecule has 1 aliphatic rings. The van der Waals surface area contributed by atoms with Crippen LogP contribution in [-0.4, -0.2) is 29.5 Å². The van der Waals surface area contributed by atoms with Crippen LogP contribution in [0.5, 0.6) is 0 Å². The number of carbonyl (C=O) groups is 2. The fraction of sp³-hybridized carbons (Fsp3) is 0.429. The molecule has 0 aromatic heterocycles. The summed E-state index contributed by atoms with van der Waals surface area (Å²) < 4.78 is 4.96. The summed E-state index contributed by atoms with van der Waals surface area (Å²) in [5.74, 6) is 0.0126. The van der Waals surface area contributed by atoms with E-state index >= 15 is 0 Å². The molecular formula is C14H17NO3. The topological polar surface area (TPSA) is 46.6 Å². The van der Waals surface area contributed by atoms with E-state index in [2.05, 4.69) is 0 Å². The molecule has 1 saturated heterocycles. The Morgan fingerprint density at radius 3 is 2.67 bits per heavy atom. The van der Waals surface area contributed by atoms with E-state index in [1.165, 1.54) is 4.90 Å². The van der Waals surface area contributed by atoms with E-state index in [-0.39, 0.29) is 24.3 Å². The van der Waals surface area contributed by atoms with Crippen molar-refractivity contribution in [2.45, 2.75) is 26.3 Å². The smallest absolute Gasteiger partial charge is 0.416 e. The van der Waals surface area contributed by atoms with Crippen molar-refractivity contribution in [1.29, 1.82) is 0 Å². The number of ether oxygens (including phenoxy) is 1. The van der Waals surface area contributed by atoms with Crippen LogP contribution in [0.25, 0.3) is 0 Å². The first-order chi connectivity index (χ1) is 8.59. The van der Waals surface area contributed by atoms with Crippen molar-refractivity contribution >= 4 is 12.0 Å². The summed E-state index contributed by atoms with van der Waals surface area (Å²) in [6.45, 7) is 4.27. The van der Waals surface area contributed by atoms with Gasteiger partial charge in [-0.2, -0.15) is 0 Å². The maximum Gasteiger partial charge on any atom is 0.416 e. The minimum absolute atomic E-state index is 0.145. The van der Waals surface area contributed by atoms with Crippen LogP contribution < -0.4 is 0 Å². The molecule has 18 heavy (non-hydrogen) atoms. The van der Waals surface area contributed by atoms with Gasteiger partial charge < -0.3 is 4.74 Å². The molecule has 0 aliphatic carbocycles. The molecule has 1 atom stereocenters. The van der Waals surface area contributed by atoms with Gasteiger partial charge in [0.1, 0.15) is 6.61 Å². The molecule has 1 unspecified atom stereocenters. The molecule has 1 aliphatic heterocycles. The van der Waals surface area contributed by atoms with Crippen molar-refractivity contribution < 1.29 is 14.3 Å². The Morgan fingerprint density at radius 2 is 2.06 bits per heavy atom. The summed E-state index contributed by atoms with van der Waals surface area (Å²) in [5, 5.41) is 0. The van der Waals surface area contributed by atoms with Crippen LogP contribution in [0, 0.1) is 5.92 Å². The number of imide groups is 1. The van der Waals surface area contributed by atoms with Gasteiger partial charge in [-0.3, -0.25) is 4.79 Å². The number of carbonyl (C=O) groups excluding carboxylic acids is 2. The highest BCUT2D eigenvalue weighted by molar-refractivity contribution is 5.94. The van der Waals surface area contributed by atoms with Crippen LogP contribution in [0.1, 0.15) is 19.4 Å². The van der Waals surface area contributed by atoms with Crippen molar-refractivity contribution in [1.82, 2.24) is 4.90 Å². The number of hydrogen-bond acceptors (Lipinski definition) is 3. The Bertz CT molecular complexity index is 442. The molecule has 2 amide bonds. The molecule has 0 N–H and O–H groups in total. The molecule has 96 valence electrons. The Kier molecular flexibility index (Phi) is 3.65. The summed E-state index contributed by atoms with van der Waals surface area (Å²) in [6, 6.07) is 9.27. The maximum atomic E-state index is 12.2. The molecule has 1 aromatic carbocycles. The standard InChI is InChI=1S/C14H17NO3/c1-10(2)12-9-18-14(17)15(12)13(16)8-11-6-4-3-5-7-11/h3-7,10,12H,8-9H2,1-2H3. The molecule has 0 bridgehead atoms. The van der Waals surface area contributed by atoms with Crippen LogP contribution in [0.3, 0.4) is 0 Å². The predicted octanol–water partition coefficient (Wildman–Crippen LogP) is 2.23. The first-order valence-corrected chi connectivity index (χ1v) is 6.12. The lowest BCUT2D eigenvalue weighted by atomic mass is 10.0. The van der Waals surface area contributed by atoms with Gasteiger partial charge in [0.2, 0.25) is 5.91 Å². The van der Waals surface area contributed by atoms with Crippen LogP contribution in [0.2, 0.25) is 0 Å². The van der Waals surface area contributed by atoms with Gasteiger partial charge in [-0.05, 0) is 11.5 Å². The Hall–Kier alpha value is -1.84. The fourth-order valence-corrected chi connectivity index (χ4v) is 2.07. The van der Waals surface area contributed by atoms with Crippen molar-refractivity contribution in [3.8, 4) is 0 Å². The van der Waals surface area contributed by atoms with E-state index in [4.69, 9.17) is 4.74 Å². The third-order valence-corrected chi connectivity index (χ3v) is 3.14. The summed E-state index contributed by atoms with van der Waals surface area (Å²) in [4.78, 5) is 25.0. The maximum absolute atomic E-state index is 12.2. The Balaban J connectivity index is 2.10. The highest BCUT2D eigenvalue weighted by Gasteiger charge is 2.39. The molecule has 0 radical (unpaired) electrons. The predicted molar refractivity (Wildman–Crippen MR) is 67.0 cm³/mol. The number of benzene rings is 1. The minimum Gasteiger partial charge on any atom is -0.447 e. The molecule has 4 heteroatoms. The number of nitrogens with zero attached hydrogens (tertiary/aromatic N) is 1. The zero-order valence-electron chi connectivity index (χ0n) is 10.6. The summed E-state index contributed by atoms with van der Waals surface area (Å²) in [6.07, 6.45) is -0.284. The molecule has 1 fully saturated rings. The lowest BCUT2D eigenvalue weighted by molar-refractivity contribution is -0.129. The summed E-state index contributed by atoms with van der Waals surface area (Å²) in [7, 11) is 0. The number of cyclic esters (lactones) is 1. The largest absolute Gasteiger partial charge is 0.447 e. The third kappa shape index (κ3) is 2.53. The zero-order valence-corrected chi connectivity index (χ0v) is 10.6. The lowest BCUT2D eigenvalue weighted by Gasteiger charge is -2.22. The van der Waals surface area contributed by atoms with Crippen LogP contribution in [-0.2, 0) is 16.0 Å². The quantitative estimate of drug-likeness (QED) is 0.822. The van der Waals surface area contributed by atoms with Gasteiger partial charge in [0, 0.05) is 0 Å². The van der Waals surface area contributed by atoms with E-state index in [9.17, 15) is 9.59 Å². The van der Waals surface area contributed by atoms with Crippen LogP contribution >= 0.6 is 0 Å². The second kappa shape index (κ2) is 5.21. The van der Waals surface area contributed by atoms with Gasteiger partial charge in [0.15, 0.2) is 0 Å². The molecule has 4 nitrogen and oxygen atoms in total. The molecule has 2 rings (SSSR count). The van der Waals surface area contributed by atoms with Crippen molar-refractivity contribution in [3.05, 3.63) is 35.9 Å². The highest BCUT2D eigenvalue weighted by atomic mass is 16.6. The van der Waals surface area contributed by atoms with E-state index in [1.54, 1.807) is 0 Å². The zero-order chi connectivity index (χ0) is 13.1. The second-order valence-corrected chi connectivity index (χ2v) is 4.81. The fourth-order valence-electron chi connectivity index (χ4n) is 2.07. The van der Waals surface area contributed by atoms with Crippen molar-refractivity contribution in [2.75, 3.05) is 6.61 Å². The monoisotopic (exact) mass is 247 g/mol.